The number of hydrogen-bond acceptors (Lipinski definition) is 6. The Morgan fingerprint density at radius 1 is 0.606 bits per heavy atom. The van der Waals surface area contributed by atoms with E-state index >= 15 is 0 Å². The van der Waals surface area contributed by atoms with Gasteiger partial charge in [-0.25, -0.2) is 9.59 Å². The number of rotatable bonds is 14. The third kappa shape index (κ3) is 15.4. The molecular formula is C55H71N4NiO6-. The minimum Gasteiger partial charge on any atom is -0.480 e. The van der Waals surface area contributed by atoms with E-state index in [0.717, 1.165) is 41.6 Å². The van der Waals surface area contributed by atoms with Crippen molar-refractivity contribution < 1.29 is 45.9 Å². The van der Waals surface area contributed by atoms with Crippen molar-refractivity contribution in [2.75, 3.05) is 40.3 Å². The fraction of sp³-hybridized carbons (Fsp3) is 0.436. The van der Waals surface area contributed by atoms with Gasteiger partial charge in [-0.2, -0.15) is 0 Å². The van der Waals surface area contributed by atoms with Gasteiger partial charge in [0.05, 0.1) is 18.4 Å². The van der Waals surface area contributed by atoms with E-state index in [1.807, 2.05) is 135 Å². The van der Waals surface area contributed by atoms with Crippen molar-refractivity contribution in [1.82, 2.24) is 19.6 Å². The van der Waals surface area contributed by atoms with E-state index < -0.39 is 35.9 Å². The molecule has 2 amide bonds. The van der Waals surface area contributed by atoms with Crippen LogP contribution in [0.5, 0.6) is 0 Å². The van der Waals surface area contributed by atoms with Crippen molar-refractivity contribution in [3.05, 3.63) is 151 Å². The Morgan fingerprint density at radius 2 is 0.939 bits per heavy atom. The second-order valence-electron chi connectivity index (χ2n) is 19.6. The molecule has 0 unspecified atom stereocenters. The second-order valence-corrected chi connectivity index (χ2v) is 19.6. The third-order valence-corrected chi connectivity index (χ3v) is 12.2. The number of likely N-dealkylation sites (N-methyl/N-ethyl adjacent to an activating group) is 2. The molecule has 10 nitrogen and oxygen atoms in total. The van der Waals surface area contributed by atoms with E-state index in [4.69, 9.17) is 0 Å². The summed E-state index contributed by atoms with van der Waals surface area (Å²) >= 11 is 0. The zero-order chi connectivity index (χ0) is 46.6. The van der Waals surface area contributed by atoms with Crippen LogP contribution in [0.15, 0.2) is 121 Å². The van der Waals surface area contributed by atoms with Gasteiger partial charge in [-0.05, 0) is 94.8 Å². The molecule has 0 aromatic heterocycles. The fourth-order valence-electron chi connectivity index (χ4n) is 8.69. The van der Waals surface area contributed by atoms with Gasteiger partial charge in [0.2, 0.25) is 11.8 Å². The molecule has 6 rings (SSSR count). The van der Waals surface area contributed by atoms with Crippen LogP contribution in [0.1, 0.15) is 101 Å². The summed E-state index contributed by atoms with van der Waals surface area (Å²) in [6.07, 6.45) is 3.02. The average molecular weight is 943 g/mol. The second kappa shape index (κ2) is 25.0. The van der Waals surface area contributed by atoms with E-state index in [1.54, 1.807) is 9.80 Å². The minimum absolute atomic E-state index is 0. The third-order valence-electron chi connectivity index (χ3n) is 12.2. The van der Waals surface area contributed by atoms with Gasteiger partial charge in [-0.3, -0.25) is 14.5 Å². The van der Waals surface area contributed by atoms with Crippen molar-refractivity contribution in [2.24, 2.45) is 10.8 Å². The molecule has 2 N–H and O–H groups in total. The summed E-state index contributed by atoms with van der Waals surface area (Å²) in [5.41, 5.74) is 3.69. The van der Waals surface area contributed by atoms with Crippen molar-refractivity contribution >= 4 is 23.8 Å². The molecule has 2 saturated heterocycles. The number of amides is 2. The van der Waals surface area contributed by atoms with E-state index in [-0.39, 0.29) is 58.6 Å². The first-order valence-electron chi connectivity index (χ1n) is 22.5. The minimum atomic E-state index is -0.963. The smallest absolute Gasteiger partial charge is 0.326 e. The van der Waals surface area contributed by atoms with Gasteiger partial charge in [0.15, 0.2) is 0 Å². The summed E-state index contributed by atoms with van der Waals surface area (Å²) in [6, 6.07) is 36.8. The number of carboxylic acids is 2. The number of likely N-dealkylation sites (tertiary alicyclic amines) is 2. The predicted octanol–water partition coefficient (Wildman–Crippen LogP) is 8.93. The molecule has 4 aromatic carbocycles. The molecule has 0 radical (unpaired) electrons. The van der Waals surface area contributed by atoms with E-state index in [0.29, 0.717) is 32.5 Å². The summed E-state index contributed by atoms with van der Waals surface area (Å²) in [4.78, 5) is 59.2. The first-order valence-corrected chi connectivity index (χ1v) is 22.5. The number of benzene rings is 4. The van der Waals surface area contributed by atoms with Crippen LogP contribution in [0.25, 0.3) is 0 Å². The molecule has 0 bridgehead atoms. The first kappa shape index (κ1) is 55.1. The zero-order valence-corrected chi connectivity index (χ0v) is 41.3. The van der Waals surface area contributed by atoms with Gasteiger partial charge >= 0.3 is 11.9 Å². The maximum atomic E-state index is 13.8. The van der Waals surface area contributed by atoms with Crippen LogP contribution in [0, 0.1) is 30.1 Å². The Hall–Kier alpha value is -5.27. The maximum Gasteiger partial charge on any atom is 0.326 e. The van der Waals surface area contributed by atoms with Gasteiger partial charge < -0.3 is 32.3 Å². The summed E-state index contributed by atoms with van der Waals surface area (Å²) in [7, 11) is 3.99. The van der Waals surface area contributed by atoms with Gasteiger partial charge in [0.1, 0.15) is 12.1 Å². The van der Waals surface area contributed by atoms with E-state index in [1.165, 1.54) is 0 Å². The fourth-order valence-corrected chi connectivity index (χ4v) is 8.69. The number of carbonyl (C=O) groups is 4. The molecule has 66 heavy (non-hydrogen) atoms. The molecule has 0 spiro atoms. The van der Waals surface area contributed by atoms with Gasteiger partial charge in [0.25, 0.3) is 0 Å². The summed E-state index contributed by atoms with van der Waals surface area (Å²) in [5.74, 6) is 3.16. The summed E-state index contributed by atoms with van der Waals surface area (Å²) in [5, 5.41) is 19.8. The molecule has 2 aliphatic heterocycles. The monoisotopic (exact) mass is 941 g/mol. The van der Waals surface area contributed by atoms with Crippen LogP contribution in [-0.2, 0) is 35.7 Å². The first-order chi connectivity index (χ1) is 30.3. The molecule has 4 atom stereocenters. The number of carbonyl (C=O) groups excluding carboxylic acids is 2. The molecule has 4 aromatic rings. The average Bonchev–Trinajstić information content (AvgIpc) is 3.92. The number of carboxylic acid groups (broad SMARTS) is 2. The van der Waals surface area contributed by atoms with Crippen molar-refractivity contribution in [2.45, 2.75) is 103 Å². The Balaban J connectivity index is 0.000000340. The van der Waals surface area contributed by atoms with Crippen LogP contribution in [-0.4, -0.2) is 118 Å². The Morgan fingerprint density at radius 3 is 1.24 bits per heavy atom. The zero-order valence-electron chi connectivity index (χ0n) is 40.3. The molecule has 0 aliphatic carbocycles. The van der Waals surface area contributed by atoms with E-state index in [9.17, 15) is 29.4 Å². The van der Waals surface area contributed by atoms with Crippen LogP contribution in [0.2, 0.25) is 0 Å². The van der Waals surface area contributed by atoms with Crippen LogP contribution in [0.3, 0.4) is 0 Å². The molecular weight excluding hydrogens is 871 g/mol. The Kier molecular flexibility index (Phi) is 20.9. The number of hydrogen-bond donors (Lipinski definition) is 2. The maximum absolute atomic E-state index is 13.8. The van der Waals surface area contributed by atoms with Crippen LogP contribution < -0.4 is 0 Å². The van der Waals surface area contributed by atoms with Gasteiger partial charge in [-0.1, -0.05) is 154 Å². The largest absolute Gasteiger partial charge is 0.480 e. The number of aliphatic carboxylic acids is 2. The molecule has 2 aliphatic rings. The van der Waals surface area contributed by atoms with Gasteiger partial charge in [-0.15, -0.1) is 0 Å². The molecule has 2 fully saturated rings. The molecule has 11 heteroatoms. The molecule has 2 heterocycles. The van der Waals surface area contributed by atoms with E-state index in [2.05, 4.69) is 63.2 Å². The topological polar surface area (TPSA) is 122 Å². The summed E-state index contributed by atoms with van der Waals surface area (Å²) in [6.45, 7) is 15.1. The Labute approximate surface area is 404 Å². The quantitative estimate of drug-likeness (QED) is 0.0731. The molecule has 0 saturated carbocycles. The molecule has 358 valence electrons. The Bertz CT molecular complexity index is 2120. The van der Waals surface area contributed by atoms with Gasteiger partial charge in [0, 0.05) is 47.1 Å². The van der Waals surface area contributed by atoms with Crippen molar-refractivity contribution in [3.8, 4) is 11.8 Å². The normalized spacial score (nSPS) is 18.2. The van der Waals surface area contributed by atoms with Crippen molar-refractivity contribution in [3.63, 3.8) is 0 Å². The predicted molar refractivity (Wildman–Crippen MR) is 260 cm³/mol. The van der Waals surface area contributed by atoms with Crippen molar-refractivity contribution in [1.29, 1.82) is 0 Å². The standard InChI is InChI=1S/C27H36N2O3.C27H32N2O3.CH3.Ni/c2*1-27(2,3)16-11-17-28(4)22-18-23(26(31)32)29(19-22)25(30)24(20-12-7-5-8-13-20)21-14-9-6-10-15-21;;/h5-10,12-15,22-24H,11,16-19H2,1-4H3,(H,31,32);5-10,12-15,22-24H,17-19H2,1-4H3,(H,31,32);1H3;/q;;-1;/t2*22-,23-;;/m00../s1. The van der Waals surface area contributed by atoms with Crippen LogP contribution >= 0.6 is 0 Å². The summed E-state index contributed by atoms with van der Waals surface area (Å²) < 4.78 is 0. The SMILES string of the molecule is CN(CC#CC(C)(C)C)[C@H]1C[C@@H](C(=O)O)N(C(=O)C(c2ccccc2)c2ccccc2)C1.CN(CCCC(C)(C)C)[C@H]1C[C@@H](C(=O)O)N(C(=O)C(c2ccccc2)c2ccccc2)C1.[CH3-].[Ni]. The number of nitrogens with zero attached hydrogens (tertiary/aromatic N) is 4. The van der Waals surface area contributed by atoms with Crippen LogP contribution in [0.4, 0.5) is 0 Å².